The maximum Gasteiger partial charge on any atom is 0.251 e. The molecule has 0 aliphatic carbocycles. The number of hydrogen-bond acceptors (Lipinski definition) is 5. The number of rotatable bonds is 12. The fourth-order valence-electron chi connectivity index (χ4n) is 5.93. The Kier molecular flexibility index (Phi) is 11.2. The molecule has 0 heterocycles. The van der Waals surface area contributed by atoms with Crippen molar-refractivity contribution in [3.63, 3.8) is 0 Å². The molecule has 46 heavy (non-hydrogen) atoms. The van der Waals surface area contributed by atoms with Crippen molar-refractivity contribution in [1.29, 1.82) is 0 Å². The number of benzene rings is 4. The minimum Gasteiger partial charge on any atom is -0.508 e. The van der Waals surface area contributed by atoms with E-state index >= 15 is 0 Å². The number of nitrogens with zero attached hydrogens (tertiary/aromatic N) is 1. The number of aliphatic hydroxyl groups is 1. The van der Waals surface area contributed by atoms with Gasteiger partial charge in [0.05, 0.1) is 6.10 Å². The van der Waals surface area contributed by atoms with Gasteiger partial charge >= 0.3 is 0 Å². The van der Waals surface area contributed by atoms with Gasteiger partial charge in [-0.05, 0) is 74.6 Å². The second-order valence-electron chi connectivity index (χ2n) is 12.9. The number of phenolic OH excluding ortho intramolecular Hbond substituents is 1. The molecule has 3 atom stereocenters. The van der Waals surface area contributed by atoms with E-state index in [1.54, 1.807) is 24.0 Å². The van der Waals surface area contributed by atoms with Crippen LogP contribution in [0.5, 0.6) is 5.75 Å². The van der Waals surface area contributed by atoms with E-state index in [2.05, 4.69) is 10.6 Å². The van der Waals surface area contributed by atoms with Crippen LogP contribution in [0.25, 0.3) is 10.8 Å². The zero-order valence-electron chi connectivity index (χ0n) is 27.3. The minimum absolute atomic E-state index is 0.0124. The van der Waals surface area contributed by atoms with E-state index in [0.717, 1.165) is 21.9 Å². The van der Waals surface area contributed by atoms with Gasteiger partial charge < -0.3 is 25.7 Å². The molecule has 0 aliphatic heterocycles. The highest BCUT2D eigenvalue weighted by Crippen LogP contribution is 2.26. The molecule has 242 valence electrons. The molecule has 0 spiro atoms. The van der Waals surface area contributed by atoms with Crippen molar-refractivity contribution in [3.8, 4) is 5.75 Å². The van der Waals surface area contributed by atoms with Gasteiger partial charge in [0.1, 0.15) is 11.8 Å². The predicted octanol–water partition coefficient (Wildman–Crippen LogP) is 5.32. The van der Waals surface area contributed by atoms with Crippen molar-refractivity contribution in [2.24, 2.45) is 0 Å². The Hall–Kier alpha value is -4.69. The molecule has 3 amide bonds. The third-order valence-electron chi connectivity index (χ3n) is 8.09. The van der Waals surface area contributed by atoms with Gasteiger partial charge in [0.2, 0.25) is 11.8 Å². The Morgan fingerprint density at radius 1 is 0.848 bits per heavy atom. The maximum atomic E-state index is 14.0. The van der Waals surface area contributed by atoms with E-state index in [9.17, 15) is 24.6 Å². The lowest BCUT2D eigenvalue weighted by Gasteiger charge is -2.39. The molecule has 4 N–H and O–H groups in total. The van der Waals surface area contributed by atoms with Crippen molar-refractivity contribution >= 4 is 28.5 Å². The maximum absolute atomic E-state index is 14.0. The molecule has 0 saturated heterocycles. The van der Waals surface area contributed by atoms with Crippen molar-refractivity contribution in [3.05, 3.63) is 113 Å². The number of amides is 3. The van der Waals surface area contributed by atoms with Crippen LogP contribution in [0.1, 0.15) is 61.2 Å². The van der Waals surface area contributed by atoms with Crippen molar-refractivity contribution in [1.82, 2.24) is 15.5 Å². The number of phenols is 1. The van der Waals surface area contributed by atoms with Crippen LogP contribution in [-0.2, 0) is 22.4 Å². The molecule has 0 aromatic heterocycles. The van der Waals surface area contributed by atoms with Gasteiger partial charge in [0, 0.05) is 42.6 Å². The zero-order chi connectivity index (χ0) is 33.4. The molecule has 4 aromatic carbocycles. The fraction of sp³-hybridized carbons (Fsp3) is 0.342. The van der Waals surface area contributed by atoms with E-state index in [1.165, 1.54) is 13.0 Å². The molecular formula is C38H45N3O5. The van der Waals surface area contributed by atoms with Gasteiger partial charge in [-0.15, -0.1) is 0 Å². The second kappa shape index (κ2) is 15.1. The molecule has 0 fully saturated rings. The average molecular weight is 624 g/mol. The predicted molar refractivity (Wildman–Crippen MR) is 182 cm³/mol. The number of aromatic hydroxyl groups is 1. The van der Waals surface area contributed by atoms with Gasteiger partial charge in [0.25, 0.3) is 5.91 Å². The summed E-state index contributed by atoms with van der Waals surface area (Å²) in [7, 11) is 0. The standard InChI is InChI=1S/C38H45N3O5/c1-25-32(19-12-20-35(25)44)36(45)39-24-31(43)23-30(22-29-17-11-16-28-15-9-10-18-33(28)29)41(26(2)42)34(37(46)40-38(3,4)5)21-27-13-7-6-8-14-27/h6-20,30-31,34,43-44H,21-24H2,1-5H3,(H,39,45)(H,40,46). The van der Waals surface area contributed by atoms with Crippen LogP contribution >= 0.6 is 0 Å². The number of carbonyl (C=O) groups excluding carboxylic acids is 3. The highest BCUT2D eigenvalue weighted by Gasteiger charge is 2.36. The molecule has 4 aromatic rings. The molecule has 0 aliphatic rings. The molecular weight excluding hydrogens is 578 g/mol. The van der Waals surface area contributed by atoms with Crippen molar-refractivity contribution < 1.29 is 24.6 Å². The third kappa shape index (κ3) is 8.95. The largest absolute Gasteiger partial charge is 0.508 e. The summed E-state index contributed by atoms with van der Waals surface area (Å²) in [5, 5.41) is 29.3. The Morgan fingerprint density at radius 3 is 2.20 bits per heavy atom. The molecule has 0 saturated carbocycles. The normalized spacial score (nSPS) is 13.4. The van der Waals surface area contributed by atoms with Crippen LogP contribution in [0.2, 0.25) is 0 Å². The topological polar surface area (TPSA) is 119 Å². The fourth-order valence-corrected chi connectivity index (χ4v) is 5.93. The molecule has 3 unspecified atom stereocenters. The summed E-state index contributed by atoms with van der Waals surface area (Å²) in [6, 6.07) is 26.8. The van der Waals surface area contributed by atoms with Gasteiger partial charge in [0.15, 0.2) is 0 Å². The first-order valence-electron chi connectivity index (χ1n) is 15.7. The number of carbonyl (C=O) groups is 3. The summed E-state index contributed by atoms with van der Waals surface area (Å²) in [6.07, 6.45) is -0.258. The van der Waals surface area contributed by atoms with Crippen LogP contribution in [0, 0.1) is 6.92 Å². The number of hydrogen-bond donors (Lipinski definition) is 4. The van der Waals surface area contributed by atoms with E-state index in [-0.39, 0.29) is 37.0 Å². The lowest BCUT2D eigenvalue weighted by molar-refractivity contribution is -0.143. The smallest absolute Gasteiger partial charge is 0.251 e. The lowest BCUT2D eigenvalue weighted by atomic mass is 9.92. The number of fused-ring (bicyclic) bond motifs is 1. The van der Waals surface area contributed by atoms with Gasteiger partial charge in [-0.3, -0.25) is 14.4 Å². The van der Waals surface area contributed by atoms with Crippen LogP contribution in [0.4, 0.5) is 0 Å². The van der Waals surface area contributed by atoms with Crippen LogP contribution in [0.3, 0.4) is 0 Å². The monoisotopic (exact) mass is 623 g/mol. The van der Waals surface area contributed by atoms with E-state index < -0.39 is 29.6 Å². The van der Waals surface area contributed by atoms with Crippen LogP contribution < -0.4 is 10.6 Å². The molecule has 8 nitrogen and oxygen atoms in total. The van der Waals surface area contributed by atoms with Gasteiger partial charge in [-0.25, -0.2) is 0 Å². The average Bonchev–Trinajstić information content (AvgIpc) is 3.00. The Bertz CT molecular complexity index is 1660. The van der Waals surface area contributed by atoms with Crippen molar-refractivity contribution in [2.75, 3.05) is 6.54 Å². The van der Waals surface area contributed by atoms with Gasteiger partial charge in [-0.1, -0.05) is 78.9 Å². The summed E-state index contributed by atoms with van der Waals surface area (Å²) in [4.78, 5) is 42.1. The molecule has 4 rings (SSSR count). The second-order valence-corrected chi connectivity index (χ2v) is 12.9. The molecule has 0 radical (unpaired) electrons. The Labute approximate surface area is 271 Å². The van der Waals surface area contributed by atoms with Crippen LogP contribution in [-0.4, -0.2) is 63.1 Å². The highest BCUT2D eigenvalue weighted by atomic mass is 16.3. The summed E-state index contributed by atoms with van der Waals surface area (Å²) >= 11 is 0. The first-order valence-corrected chi connectivity index (χ1v) is 15.7. The Balaban J connectivity index is 1.69. The Morgan fingerprint density at radius 2 is 1.50 bits per heavy atom. The quantitative estimate of drug-likeness (QED) is 0.170. The summed E-state index contributed by atoms with van der Waals surface area (Å²) in [5.74, 6) is -0.982. The SMILES string of the molecule is CC(=O)N(C(Cc1cccc2ccccc12)CC(O)CNC(=O)c1cccc(O)c1C)C(Cc1ccccc1)C(=O)NC(C)(C)C. The molecule has 0 bridgehead atoms. The van der Waals surface area contributed by atoms with E-state index in [4.69, 9.17) is 0 Å². The molecule has 8 heteroatoms. The van der Waals surface area contributed by atoms with Gasteiger partial charge in [-0.2, -0.15) is 0 Å². The minimum atomic E-state index is -1.04. The first kappa shape index (κ1) is 34.2. The number of aliphatic hydroxyl groups excluding tert-OH is 1. The van der Waals surface area contributed by atoms with Crippen LogP contribution in [0.15, 0.2) is 91.0 Å². The van der Waals surface area contributed by atoms with E-state index in [0.29, 0.717) is 17.5 Å². The summed E-state index contributed by atoms with van der Waals surface area (Å²) in [6.45, 7) is 8.73. The first-order chi connectivity index (χ1) is 21.8. The van der Waals surface area contributed by atoms with E-state index in [1.807, 2.05) is 93.6 Å². The third-order valence-corrected chi connectivity index (χ3v) is 8.09. The zero-order valence-corrected chi connectivity index (χ0v) is 27.3. The highest BCUT2D eigenvalue weighted by molar-refractivity contribution is 5.96. The lowest BCUT2D eigenvalue weighted by Crippen LogP contribution is -2.58. The summed E-state index contributed by atoms with van der Waals surface area (Å²) in [5.41, 5.74) is 2.11. The number of nitrogens with one attached hydrogen (secondary N) is 2. The summed E-state index contributed by atoms with van der Waals surface area (Å²) < 4.78 is 0. The van der Waals surface area contributed by atoms with Crippen molar-refractivity contribution in [2.45, 2.75) is 77.6 Å².